The van der Waals surface area contributed by atoms with Gasteiger partial charge in [-0.2, -0.15) is 0 Å². The van der Waals surface area contributed by atoms with Crippen LogP contribution in [0.1, 0.15) is 27.7 Å². The summed E-state index contributed by atoms with van der Waals surface area (Å²) in [4.78, 5) is 0. The Kier molecular flexibility index (Phi) is 5.34. The minimum absolute atomic E-state index is 0.0623. The van der Waals surface area contributed by atoms with Crippen LogP contribution in [0.5, 0.6) is 0 Å². The number of hydrogen-bond acceptors (Lipinski definition) is 5. The highest BCUT2D eigenvalue weighted by atomic mass is 16.7. The minimum atomic E-state index is -0.450. The van der Waals surface area contributed by atoms with Crippen LogP contribution in [0.2, 0.25) is 0 Å². The van der Waals surface area contributed by atoms with Gasteiger partial charge in [-0.25, -0.2) is 0 Å². The van der Waals surface area contributed by atoms with Crippen LogP contribution in [0.25, 0.3) is 0 Å². The maximum atomic E-state index is 6.21. The van der Waals surface area contributed by atoms with Crippen molar-refractivity contribution in [2.75, 3.05) is 6.54 Å². The monoisotopic (exact) mass is 245 g/mol. The van der Waals surface area contributed by atoms with Gasteiger partial charge < -0.3 is 26.7 Å². The summed E-state index contributed by atoms with van der Waals surface area (Å²) in [6.07, 6.45) is -0.464. The molecule has 1 rings (SSSR count). The molecule has 1 aliphatic heterocycles. The van der Waals surface area contributed by atoms with E-state index < -0.39 is 6.29 Å². The first-order valence-corrected chi connectivity index (χ1v) is 6.40. The summed E-state index contributed by atoms with van der Waals surface area (Å²) in [6, 6.07) is -0.436. The molecule has 0 aromatic heterocycles. The van der Waals surface area contributed by atoms with Crippen LogP contribution >= 0.6 is 0 Å². The topological polar surface area (TPSA) is 96.5 Å². The van der Waals surface area contributed by atoms with Gasteiger partial charge in [0.05, 0.1) is 18.2 Å². The van der Waals surface area contributed by atoms with E-state index in [9.17, 15) is 0 Å². The average Bonchev–Trinajstić information content (AvgIpc) is 2.23. The van der Waals surface area contributed by atoms with Gasteiger partial charge in [-0.05, 0) is 19.8 Å². The predicted molar refractivity (Wildman–Crippen MR) is 68.2 cm³/mol. The van der Waals surface area contributed by atoms with Crippen molar-refractivity contribution >= 4 is 0 Å². The quantitative estimate of drug-likeness (QED) is 0.649. The molecule has 5 heteroatoms. The Bertz CT molecular complexity index is 232. The number of ether oxygens (including phenoxy) is 2. The largest absolute Gasteiger partial charge is 0.348 e. The first-order chi connectivity index (χ1) is 7.88. The van der Waals surface area contributed by atoms with Gasteiger partial charge in [-0.1, -0.05) is 13.8 Å². The highest BCUT2D eigenvalue weighted by Gasteiger charge is 2.43. The zero-order valence-corrected chi connectivity index (χ0v) is 11.3. The molecular formula is C12H27N3O2. The summed E-state index contributed by atoms with van der Waals surface area (Å²) in [5.41, 5.74) is 18.1. The molecule has 0 amide bonds. The predicted octanol–water partition coefficient (Wildman–Crippen LogP) is 0.0218. The maximum absolute atomic E-state index is 6.21. The number of nitrogens with two attached hydrogens (primary N) is 3. The molecule has 0 bridgehead atoms. The summed E-state index contributed by atoms with van der Waals surface area (Å²) in [5.74, 6) is 0.576. The molecule has 0 saturated carbocycles. The van der Waals surface area contributed by atoms with Crippen LogP contribution in [0.4, 0.5) is 0 Å². The molecule has 0 radical (unpaired) electrons. The van der Waals surface area contributed by atoms with Crippen molar-refractivity contribution < 1.29 is 9.47 Å². The number of rotatable bonds is 4. The van der Waals surface area contributed by atoms with Gasteiger partial charge in [0.25, 0.3) is 0 Å². The molecule has 102 valence electrons. The molecule has 1 aliphatic rings. The van der Waals surface area contributed by atoms with Crippen LogP contribution in [-0.2, 0) is 9.47 Å². The van der Waals surface area contributed by atoms with Gasteiger partial charge in [0.1, 0.15) is 0 Å². The summed E-state index contributed by atoms with van der Waals surface area (Å²) in [5, 5.41) is 0. The molecule has 0 aromatic rings. The lowest BCUT2D eigenvalue weighted by molar-refractivity contribution is -0.237. The van der Waals surface area contributed by atoms with E-state index in [1.807, 2.05) is 13.8 Å². The van der Waals surface area contributed by atoms with E-state index in [4.69, 9.17) is 26.7 Å². The Morgan fingerprint density at radius 3 is 2.12 bits per heavy atom. The summed E-state index contributed by atoms with van der Waals surface area (Å²) >= 11 is 0. The molecule has 2 unspecified atom stereocenters. The van der Waals surface area contributed by atoms with E-state index in [0.29, 0.717) is 12.5 Å². The summed E-state index contributed by atoms with van der Waals surface area (Å²) in [7, 11) is 0. The molecule has 5 atom stereocenters. The lowest BCUT2D eigenvalue weighted by Crippen LogP contribution is -2.65. The van der Waals surface area contributed by atoms with E-state index in [0.717, 1.165) is 0 Å². The smallest absolute Gasteiger partial charge is 0.174 e. The minimum Gasteiger partial charge on any atom is -0.348 e. The van der Waals surface area contributed by atoms with Crippen molar-refractivity contribution in [3.63, 3.8) is 0 Å². The molecule has 6 N–H and O–H groups in total. The Hall–Kier alpha value is -0.200. The second-order valence-electron chi connectivity index (χ2n) is 5.44. The van der Waals surface area contributed by atoms with E-state index in [1.54, 1.807) is 0 Å². The van der Waals surface area contributed by atoms with Crippen LogP contribution in [-0.4, -0.2) is 37.1 Å². The fraction of sp³-hybridized carbons (Fsp3) is 1.00. The third-order valence-electron chi connectivity index (χ3n) is 3.35. The Morgan fingerprint density at radius 1 is 1.12 bits per heavy atom. The van der Waals surface area contributed by atoms with Crippen molar-refractivity contribution in [1.82, 2.24) is 0 Å². The van der Waals surface area contributed by atoms with Gasteiger partial charge in [-0.15, -0.1) is 0 Å². The molecule has 0 aromatic carbocycles. The first-order valence-electron chi connectivity index (χ1n) is 6.40. The zero-order chi connectivity index (χ0) is 13.2. The van der Waals surface area contributed by atoms with E-state index in [2.05, 4.69) is 13.8 Å². The van der Waals surface area contributed by atoms with Gasteiger partial charge in [0.15, 0.2) is 6.29 Å². The van der Waals surface area contributed by atoms with Crippen molar-refractivity contribution in [3.8, 4) is 0 Å². The number of hydrogen-bond donors (Lipinski definition) is 3. The van der Waals surface area contributed by atoms with E-state index >= 15 is 0 Å². The lowest BCUT2D eigenvalue weighted by atomic mass is 9.79. The molecule has 0 spiro atoms. The Labute approximate surface area is 104 Å². The second-order valence-corrected chi connectivity index (χ2v) is 5.44. The fourth-order valence-electron chi connectivity index (χ4n) is 2.52. The maximum Gasteiger partial charge on any atom is 0.174 e. The van der Waals surface area contributed by atoms with Gasteiger partial charge >= 0.3 is 0 Å². The van der Waals surface area contributed by atoms with Crippen LogP contribution in [0.3, 0.4) is 0 Å². The van der Waals surface area contributed by atoms with Crippen LogP contribution in [0, 0.1) is 11.8 Å². The van der Waals surface area contributed by atoms with Crippen LogP contribution < -0.4 is 17.2 Å². The van der Waals surface area contributed by atoms with Gasteiger partial charge in [-0.3, -0.25) is 0 Å². The molecule has 0 aliphatic carbocycles. The van der Waals surface area contributed by atoms with E-state index in [-0.39, 0.29) is 30.2 Å². The van der Waals surface area contributed by atoms with Crippen LogP contribution in [0.15, 0.2) is 0 Å². The lowest BCUT2D eigenvalue weighted by Gasteiger charge is -2.46. The van der Waals surface area contributed by atoms with Crippen molar-refractivity contribution in [3.05, 3.63) is 0 Å². The molecule has 1 fully saturated rings. The van der Waals surface area contributed by atoms with E-state index in [1.165, 1.54) is 0 Å². The van der Waals surface area contributed by atoms with Gasteiger partial charge in [0, 0.05) is 18.5 Å². The third kappa shape index (κ3) is 3.39. The SMILES string of the molecule is CC(C)O[C@H]1OC(CN)[C@@H](C(C)C)C(N)[C@H]1N. The fourth-order valence-corrected chi connectivity index (χ4v) is 2.52. The Balaban J connectivity index is 2.78. The third-order valence-corrected chi connectivity index (χ3v) is 3.35. The normalized spacial score (nSPS) is 39.0. The molecule has 1 saturated heterocycles. The van der Waals surface area contributed by atoms with Crippen molar-refractivity contribution in [2.24, 2.45) is 29.0 Å². The summed E-state index contributed by atoms with van der Waals surface area (Å²) in [6.45, 7) is 8.59. The highest BCUT2D eigenvalue weighted by molar-refractivity contribution is 4.95. The highest BCUT2D eigenvalue weighted by Crippen LogP contribution is 2.30. The second kappa shape index (κ2) is 6.11. The Morgan fingerprint density at radius 2 is 1.71 bits per heavy atom. The first kappa shape index (κ1) is 14.9. The van der Waals surface area contributed by atoms with Crippen molar-refractivity contribution in [1.29, 1.82) is 0 Å². The average molecular weight is 245 g/mol. The molecule has 5 nitrogen and oxygen atoms in total. The zero-order valence-electron chi connectivity index (χ0n) is 11.3. The molecule has 17 heavy (non-hydrogen) atoms. The van der Waals surface area contributed by atoms with Crippen molar-refractivity contribution in [2.45, 2.75) is 58.3 Å². The molecule has 1 heterocycles. The van der Waals surface area contributed by atoms with Gasteiger partial charge in [0.2, 0.25) is 0 Å². The summed E-state index contributed by atoms with van der Waals surface area (Å²) < 4.78 is 11.5. The molecular weight excluding hydrogens is 218 g/mol. The standard InChI is InChI=1S/C12H27N3O2/c1-6(2)9-8(5-13)17-12(16-7(3)4)11(15)10(9)14/h6-12H,5,13-15H2,1-4H3/t8?,9-,10?,11-,12+/m1/s1.